The first-order valence-corrected chi connectivity index (χ1v) is 11.8. The highest BCUT2D eigenvalue weighted by Crippen LogP contribution is 2.41. The summed E-state index contributed by atoms with van der Waals surface area (Å²) in [6.07, 6.45) is 3.88. The summed E-state index contributed by atoms with van der Waals surface area (Å²) in [6.45, 7) is 1.97. The Kier molecular flexibility index (Phi) is 5.04. The Balaban J connectivity index is 1.81. The predicted molar refractivity (Wildman–Crippen MR) is 94.0 cm³/mol. The molecule has 2 atom stereocenters. The van der Waals surface area contributed by atoms with Crippen LogP contribution >= 0.6 is 0 Å². The van der Waals surface area contributed by atoms with Gasteiger partial charge in [-0.05, 0) is 44.2 Å². The first-order chi connectivity index (χ1) is 11.4. The summed E-state index contributed by atoms with van der Waals surface area (Å²) in [7, 11) is -6.67. The number of piperidine rings is 1. The minimum atomic E-state index is -3.40. The van der Waals surface area contributed by atoms with Crippen LogP contribution in [0.3, 0.4) is 0 Å². The molecule has 3 rings (SSSR count). The summed E-state index contributed by atoms with van der Waals surface area (Å²) in [5.74, 6) is 0.173. The monoisotopic (exact) mass is 371 g/mol. The second kappa shape index (κ2) is 6.77. The first-order valence-electron chi connectivity index (χ1n) is 8.66. The van der Waals surface area contributed by atoms with Gasteiger partial charge in [0.15, 0.2) is 9.84 Å². The molecule has 134 valence electrons. The van der Waals surface area contributed by atoms with Crippen molar-refractivity contribution in [1.29, 1.82) is 0 Å². The van der Waals surface area contributed by atoms with Crippen LogP contribution in [0.5, 0.6) is 0 Å². The Morgan fingerprint density at radius 1 is 1.00 bits per heavy atom. The lowest BCUT2D eigenvalue weighted by molar-refractivity contribution is 0.249. The third-order valence-corrected chi connectivity index (χ3v) is 9.45. The Labute approximate surface area is 145 Å². The number of hydrogen-bond acceptors (Lipinski definition) is 4. The van der Waals surface area contributed by atoms with Gasteiger partial charge in [-0.2, -0.15) is 4.31 Å². The van der Waals surface area contributed by atoms with Gasteiger partial charge in [0.25, 0.3) is 0 Å². The van der Waals surface area contributed by atoms with Crippen LogP contribution in [0.2, 0.25) is 0 Å². The van der Waals surface area contributed by atoms with Gasteiger partial charge in [-0.25, -0.2) is 16.8 Å². The SMILES string of the molecule is CCCCS(=O)(=O)N1C2CCC1CC(S(=O)(=O)c1ccccc1)C2. The van der Waals surface area contributed by atoms with Crippen LogP contribution in [0.4, 0.5) is 0 Å². The van der Waals surface area contributed by atoms with Gasteiger partial charge in [0.05, 0.1) is 15.9 Å². The highest BCUT2D eigenvalue weighted by Gasteiger charge is 2.49. The van der Waals surface area contributed by atoms with Gasteiger partial charge in [-0.1, -0.05) is 31.5 Å². The van der Waals surface area contributed by atoms with E-state index in [0.29, 0.717) is 24.2 Å². The average Bonchev–Trinajstić information content (AvgIpc) is 2.85. The molecular weight excluding hydrogens is 346 g/mol. The Morgan fingerprint density at radius 2 is 1.58 bits per heavy atom. The van der Waals surface area contributed by atoms with Gasteiger partial charge in [-0.3, -0.25) is 0 Å². The molecule has 2 fully saturated rings. The zero-order chi connectivity index (χ0) is 17.4. The predicted octanol–water partition coefficient (Wildman–Crippen LogP) is 2.59. The van der Waals surface area contributed by atoms with Crippen molar-refractivity contribution in [3.63, 3.8) is 0 Å². The molecule has 2 aliphatic rings. The third kappa shape index (κ3) is 3.26. The number of sulfone groups is 1. The number of rotatable bonds is 6. The van der Waals surface area contributed by atoms with Gasteiger partial charge in [0.2, 0.25) is 10.0 Å². The molecule has 2 bridgehead atoms. The Bertz CT molecular complexity index is 760. The van der Waals surface area contributed by atoms with E-state index >= 15 is 0 Å². The van der Waals surface area contributed by atoms with Crippen molar-refractivity contribution < 1.29 is 16.8 Å². The quantitative estimate of drug-likeness (QED) is 0.770. The van der Waals surface area contributed by atoms with E-state index in [-0.39, 0.29) is 17.8 Å². The molecule has 0 amide bonds. The van der Waals surface area contributed by atoms with Crippen LogP contribution in [-0.4, -0.2) is 44.2 Å². The zero-order valence-electron chi connectivity index (χ0n) is 14.0. The number of benzene rings is 1. The van der Waals surface area contributed by atoms with Gasteiger partial charge in [0.1, 0.15) is 0 Å². The van der Waals surface area contributed by atoms with Crippen LogP contribution < -0.4 is 0 Å². The number of nitrogens with zero attached hydrogens (tertiary/aromatic N) is 1. The number of hydrogen-bond donors (Lipinski definition) is 0. The fourth-order valence-electron chi connectivity index (χ4n) is 4.03. The Hall–Kier alpha value is -0.920. The minimum absolute atomic E-state index is 0.158. The lowest BCUT2D eigenvalue weighted by atomic mass is 10.1. The zero-order valence-corrected chi connectivity index (χ0v) is 15.6. The topological polar surface area (TPSA) is 71.5 Å². The first kappa shape index (κ1) is 17.9. The molecule has 0 aromatic heterocycles. The molecule has 5 nitrogen and oxygen atoms in total. The van der Waals surface area contributed by atoms with Crippen molar-refractivity contribution in [1.82, 2.24) is 4.31 Å². The maximum Gasteiger partial charge on any atom is 0.214 e. The fraction of sp³-hybridized carbons (Fsp3) is 0.647. The van der Waals surface area contributed by atoms with E-state index < -0.39 is 25.1 Å². The molecule has 2 aliphatic heterocycles. The van der Waals surface area contributed by atoms with Crippen molar-refractivity contribution in [2.45, 2.75) is 67.7 Å². The molecule has 0 N–H and O–H groups in total. The summed E-state index contributed by atoms with van der Waals surface area (Å²) in [6, 6.07) is 8.19. The lowest BCUT2D eigenvalue weighted by Gasteiger charge is -2.37. The molecule has 0 radical (unpaired) electrons. The standard InChI is InChI=1S/C17H25NO4S2/c1-2-3-11-23(19,20)18-14-9-10-15(18)13-17(12-14)24(21,22)16-7-5-4-6-8-16/h4-8,14-15,17H,2-3,9-13H2,1H3. The van der Waals surface area contributed by atoms with E-state index in [0.717, 1.165) is 19.3 Å². The highest BCUT2D eigenvalue weighted by molar-refractivity contribution is 7.92. The van der Waals surface area contributed by atoms with E-state index in [2.05, 4.69) is 0 Å². The molecule has 7 heteroatoms. The molecule has 2 heterocycles. The molecule has 2 saturated heterocycles. The van der Waals surface area contributed by atoms with Gasteiger partial charge >= 0.3 is 0 Å². The van der Waals surface area contributed by atoms with Crippen LogP contribution in [0.1, 0.15) is 45.4 Å². The molecule has 1 aromatic carbocycles. The van der Waals surface area contributed by atoms with E-state index in [9.17, 15) is 16.8 Å². The van der Waals surface area contributed by atoms with Crippen molar-refractivity contribution in [3.05, 3.63) is 30.3 Å². The average molecular weight is 372 g/mol. The van der Waals surface area contributed by atoms with Gasteiger partial charge in [0, 0.05) is 12.1 Å². The highest BCUT2D eigenvalue weighted by atomic mass is 32.2. The van der Waals surface area contributed by atoms with Gasteiger partial charge in [-0.15, -0.1) is 0 Å². The van der Waals surface area contributed by atoms with Crippen LogP contribution in [0.25, 0.3) is 0 Å². The minimum Gasteiger partial charge on any atom is -0.223 e. The third-order valence-electron chi connectivity index (χ3n) is 5.21. The summed E-state index contributed by atoms with van der Waals surface area (Å²) in [5.41, 5.74) is 0. The lowest BCUT2D eigenvalue weighted by Crippen LogP contribution is -2.50. The molecule has 24 heavy (non-hydrogen) atoms. The van der Waals surface area contributed by atoms with Crippen molar-refractivity contribution in [2.24, 2.45) is 0 Å². The summed E-state index contributed by atoms with van der Waals surface area (Å²) >= 11 is 0. The van der Waals surface area contributed by atoms with Crippen molar-refractivity contribution in [2.75, 3.05) is 5.75 Å². The second-order valence-electron chi connectivity index (χ2n) is 6.84. The molecule has 2 unspecified atom stereocenters. The maximum absolute atomic E-state index is 12.9. The molecule has 1 aromatic rings. The Morgan fingerprint density at radius 3 is 2.12 bits per heavy atom. The van der Waals surface area contributed by atoms with Crippen molar-refractivity contribution in [3.8, 4) is 0 Å². The van der Waals surface area contributed by atoms with Crippen LogP contribution in [0, 0.1) is 0 Å². The second-order valence-corrected chi connectivity index (χ2v) is 11.1. The summed E-state index contributed by atoms with van der Waals surface area (Å²) in [4.78, 5) is 0.344. The summed E-state index contributed by atoms with van der Waals surface area (Å²) in [5, 5.41) is -0.477. The van der Waals surface area contributed by atoms with Gasteiger partial charge < -0.3 is 0 Å². The van der Waals surface area contributed by atoms with Crippen LogP contribution in [0.15, 0.2) is 35.2 Å². The molecule has 0 saturated carbocycles. The van der Waals surface area contributed by atoms with E-state index in [1.165, 1.54) is 0 Å². The fourth-order valence-corrected chi connectivity index (χ4v) is 8.05. The summed E-state index contributed by atoms with van der Waals surface area (Å²) < 4.78 is 52.6. The normalized spacial score (nSPS) is 28.1. The van der Waals surface area contributed by atoms with Crippen LogP contribution in [-0.2, 0) is 19.9 Å². The molecular formula is C17H25NO4S2. The number of fused-ring (bicyclic) bond motifs is 2. The number of sulfonamides is 1. The molecule has 0 aliphatic carbocycles. The maximum atomic E-state index is 12.9. The molecule has 0 spiro atoms. The van der Waals surface area contributed by atoms with E-state index in [4.69, 9.17) is 0 Å². The number of unbranched alkanes of at least 4 members (excludes halogenated alkanes) is 1. The smallest absolute Gasteiger partial charge is 0.214 e. The van der Waals surface area contributed by atoms with E-state index in [1.54, 1.807) is 34.6 Å². The van der Waals surface area contributed by atoms with E-state index in [1.807, 2.05) is 6.92 Å². The van der Waals surface area contributed by atoms with Crippen molar-refractivity contribution >= 4 is 19.9 Å². The largest absolute Gasteiger partial charge is 0.223 e.